The third kappa shape index (κ3) is 12.1. The normalized spacial score (nSPS) is 12.0. The summed E-state index contributed by atoms with van der Waals surface area (Å²) in [5.74, 6) is 0. The first kappa shape index (κ1) is 13.1. The maximum Gasteiger partial charge on any atom is 0.0282 e. The molecule has 0 radical (unpaired) electrons. The molecule has 0 aliphatic rings. The molecule has 0 rings (SSSR count). The Morgan fingerprint density at radius 3 is 2.00 bits per heavy atom. The first-order valence-electron chi connectivity index (χ1n) is 4.81. The Labute approximate surface area is 80.7 Å². The molecule has 0 aliphatic carbocycles. The SMILES string of the molecule is CCCCCCCCO[Si]([O-])([O-])[O-]. The van der Waals surface area contributed by atoms with Gasteiger partial charge in [-0.2, -0.15) is 0 Å². The number of unbranched alkanes of at least 4 members (excludes halogenated alkanes) is 5. The van der Waals surface area contributed by atoms with Gasteiger partial charge in [-0.1, -0.05) is 39.0 Å². The van der Waals surface area contributed by atoms with E-state index < -0.39 is 9.05 Å². The molecule has 0 amide bonds. The smallest absolute Gasteiger partial charge is 0.0282 e. The lowest BCUT2D eigenvalue weighted by molar-refractivity contribution is -0.541. The Balaban J connectivity index is 3.00. The second kappa shape index (κ2) is 7.46. The minimum absolute atomic E-state index is 0.0504. The summed E-state index contributed by atoms with van der Waals surface area (Å²) in [5, 5.41) is 0. The summed E-state index contributed by atoms with van der Waals surface area (Å²) in [6.07, 6.45) is 6.25. The van der Waals surface area contributed by atoms with Crippen LogP contribution >= 0.6 is 0 Å². The molecule has 0 saturated carbocycles. The maximum atomic E-state index is 10.0. The van der Waals surface area contributed by atoms with E-state index in [1.807, 2.05) is 0 Å². The molecule has 0 spiro atoms. The van der Waals surface area contributed by atoms with Crippen LogP contribution in [-0.4, -0.2) is 15.7 Å². The first-order chi connectivity index (χ1) is 6.06. The minimum Gasteiger partial charge on any atom is -0.861 e. The summed E-state index contributed by atoms with van der Waals surface area (Å²) < 4.78 is 4.11. The van der Waals surface area contributed by atoms with Crippen molar-refractivity contribution in [2.45, 2.75) is 45.4 Å². The summed E-state index contributed by atoms with van der Waals surface area (Å²) >= 11 is 0. The van der Waals surface area contributed by atoms with Gasteiger partial charge >= 0.3 is 0 Å². The molecule has 0 saturated heterocycles. The lowest BCUT2D eigenvalue weighted by Gasteiger charge is -2.53. The molecule has 13 heavy (non-hydrogen) atoms. The highest BCUT2D eigenvalue weighted by Gasteiger charge is 1.90. The Morgan fingerprint density at radius 2 is 1.46 bits per heavy atom. The van der Waals surface area contributed by atoms with E-state index in [1.54, 1.807) is 0 Å². The summed E-state index contributed by atoms with van der Waals surface area (Å²) in [4.78, 5) is 30.1. The standard InChI is InChI=1S/C8H17O4Si/c1-2-3-4-5-6-7-8-12-13(9,10)11/h2-8H2,1H3/q-3. The van der Waals surface area contributed by atoms with Gasteiger partial charge in [-0.15, -0.1) is 9.05 Å². The molecular formula is C8H17O4Si-3. The Bertz CT molecular complexity index is 113. The van der Waals surface area contributed by atoms with Crippen molar-refractivity contribution in [1.29, 1.82) is 0 Å². The fourth-order valence-corrected chi connectivity index (χ4v) is 1.47. The van der Waals surface area contributed by atoms with E-state index in [2.05, 4.69) is 11.3 Å². The quantitative estimate of drug-likeness (QED) is 0.371. The van der Waals surface area contributed by atoms with E-state index in [0.717, 1.165) is 12.8 Å². The number of rotatable bonds is 8. The fraction of sp³-hybridized carbons (Fsp3) is 1.00. The zero-order valence-electron chi connectivity index (χ0n) is 8.08. The third-order valence-electron chi connectivity index (χ3n) is 1.78. The molecule has 0 aromatic carbocycles. The Hall–Kier alpha value is 0.0569. The Kier molecular flexibility index (Phi) is 7.49. The molecular weight excluding hydrogens is 188 g/mol. The van der Waals surface area contributed by atoms with Gasteiger partial charge in [0.1, 0.15) is 0 Å². The van der Waals surface area contributed by atoms with E-state index in [-0.39, 0.29) is 6.61 Å². The van der Waals surface area contributed by atoms with Crippen molar-refractivity contribution in [3.05, 3.63) is 0 Å². The van der Waals surface area contributed by atoms with E-state index in [4.69, 9.17) is 0 Å². The van der Waals surface area contributed by atoms with E-state index in [0.29, 0.717) is 6.42 Å². The van der Waals surface area contributed by atoms with Crippen molar-refractivity contribution in [1.82, 2.24) is 0 Å². The molecule has 0 fully saturated rings. The largest absolute Gasteiger partial charge is 0.861 e. The molecule has 5 heteroatoms. The number of hydrogen-bond acceptors (Lipinski definition) is 4. The van der Waals surface area contributed by atoms with Crippen molar-refractivity contribution >= 4 is 9.05 Å². The van der Waals surface area contributed by atoms with Crippen LogP contribution in [0.1, 0.15) is 45.4 Å². The van der Waals surface area contributed by atoms with E-state index in [9.17, 15) is 14.4 Å². The zero-order chi connectivity index (χ0) is 10.2. The van der Waals surface area contributed by atoms with Crippen molar-refractivity contribution in [2.75, 3.05) is 6.61 Å². The fourth-order valence-electron chi connectivity index (χ4n) is 1.08. The lowest BCUT2D eigenvalue weighted by Crippen LogP contribution is -2.75. The monoisotopic (exact) mass is 205 g/mol. The third-order valence-corrected chi connectivity index (χ3v) is 2.33. The minimum atomic E-state index is -4.98. The molecule has 4 nitrogen and oxygen atoms in total. The highest BCUT2D eigenvalue weighted by molar-refractivity contribution is 6.42. The number of hydrogen-bond donors (Lipinski definition) is 0. The van der Waals surface area contributed by atoms with Gasteiger partial charge < -0.3 is 18.8 Å². The molecule has 80 valence electrons. The summed E-state index contributed by atoms with van der Waals surface area (Å²) in [5.41, 5.74) is 0. The summed E-state index contributed by atoms with van der Waals surface area (Å²) in [7, 11) is -4.98. The second-order valence-electron chi connectivity index (χ2n) is 3.12. The van der Waals surface area contributed by atoms with Gasteiger partial charge in [-0.25, -0.2) is 0 Å². The predicted octanol–water partition coefficient (Wildman–Crippen LogP) is -1.12. The molecule has 0 atom stereocenters. The molecule has 0 unspecified atom stereocenters. The second-order valence-corrected chi connectivity index (χ2v) is 4.40. The van der Waals surface area contributed by atoms with Crippen LogP contribution in [-0.2, 0) is 4.43 Å². The maximum absolute atomic E-state index is 10.0. The van der Waals surface area contributed by atoms with Crippen LogP contribution in [0.5, 0.6) is 0 Å². The molecule has 0 heterocycles. The van der Waals surface area contributed by atoms with Crippen molar-refractivity contribution in [3.8, 4) is 0 Å². The van der Waals surface area contributed by atoms with Crippen LogP contribution in [0.3, 0.4) is 0 Å². The van der Waals surface area contributed by atoms with E-state index >= 15 is 0 Å². The van der Waals surface area contributed by atoms with Crippen LogP contribution < -0.4 is 14.4 Å². The summed E-state index contributed by atoms with van der Waals surface area (Å²) in [6.45, 7) is 2.18. The van der Waals surface area contributed by atoms with Gasteiger partial charge in [-0.05, 0) is 6.42 Å². The van der Waals surface area contributed by atoms with Crippen LogP contribution in [0.15, 0.2) is 0 Å². The lowest BCUT2D eigenvalue weighted by atomic mass is 10.1. The average Bonchev–Trinajstić information content (AvgIpc) is 2.01. The van der Waals surface area contributed by atoms with Gasteiger partial charge in [0.15, 0.2) is 0 Å². The molecule has 0 bridgehead atoms. The predicted molar refractivity (Wildman–Crippen MR) is 45.1 cm³/mol. The van der Waals surface area contributed by atoms with Crippen molar-refractivity contribution < 1.29 is 18.8 Å². The highest BCUT2D eigenvalue weighted by atomic mass is 28.4. The molecule has 0 N–H and O–H groups in total. The van der Waals surface area contributed by atoms with Crippen molar-refractivity contribution in [2.24, 2.45) is 0 Å². The van der Waals surface area contributed by atoms with Gasteiger partial charge in [0, 0.05) is 6.61 Å². The van der Waals surface area contributed by atoms with Crippen LogP contribution in [0, 0.1) is 0 Å². The van der Waals surface area contributed by atoms with Gasteiger partial charge in [0.25, 0.3) is 0 Å². The van der Waals surface area contributed by atoms with Gasteiger partial charge in [0.2, 0.25) is 0 Å². The average molecular weight is 205 g/mol. The van der Waals surface area contributed by atoms with Crippen molar-refractivity contribution in [3.63, 3.8) is 0 Å². The van der Waals surface area contributed by atoms with E-state index in [1.165, 1.54) is 19.3 Å². The molecule has 0 aliphatic heterocycles. The summed E-state index contributed by atoms with van der Waals surface area (Å²) in [6, 6.07) is 0. The van der Waals surface area contributed by atoms with Gasteiger partial charge in [-0.3, -0.25) is 0 Å². The highest BCUT2D eigenvalue weighted by Crippen LogP contribution is 2.04. The van der Waals surface area contributed by atoms with Crippen LogP contribution in [0.25, 0.3) is 0 Å². The Morgan fingerprint density at radius 1 is 0.923 bits per heavy atom. The molecule has 0 aromatic heterocycles. The zero-order valence-corrected chi connectivity index (χ0v) is 9.08. The first-order valence-corrected chi connectivity index (χ1v) is 6.45. The van der Waals surface area contributed by atoms with Crippen LogP contribution in [0.2, 0.25) is 0 Å². The van der Waals surface area contributed by atoms with Gasteiger partial charge in [0.05, 0.1) is 0 Å². The molecule has 0 aromatic rings. The van der Waals surface area contributed by atoms with Crippen LogP contribution in [0.4, 0.5) is 0 Å². The topological polar surface area (TPSA) is 78.4 Å².